The zero-order chi connectivity index (χ0) is 6.57. The van der Waals surface area contributed by atoms with E-state index in [-0.39, 0.29) is 5.56 Å². The van der Waals surface area contributed by atoms with Crippen LogP contribution >= 0.6 is 11.6 Å². The highest BCUT2D eigenvalue weighted by molar-refractivity contribution is 6.19. The van der Waals surface area contributed by atoms with Gasteiger partial charge in [-0.15, -0.1) is 0 Å². The van der Waals surface area contributed by atoms with Gasteiger partial charge < -0.3 is 4.74 Å². The zero-order valence-electron chi connectivity index (χ0n) is 5.65. The number of hydrogen-bond acceptors (Lipinski definition) is 1. The van der Waals surface area contributed by atoms with Gasteiger partial charge in [0.1, 0.15) is 5.56 Å². The van der Waals surface area contributed by atoms with Crippen LogP contribution in [0.2, 0.25) is 0 Å². The highest BCUT2D eigenvalue weighted by atomic mass is 35.5. The van der Waals surface area contributed by atoms with Crippen LogP contribution in [-0.4, -0.2) is 12.2 Å². The molecule has 0 radical (unpaired) electrons. The Morgan fingerprint density at radius 3 is 2.00 bits per heavy atom. The third-order valence-electron chi connectivity index (χ3n) is 0.659. The van der Waals surface area contributed by atoms with Crippen molar-refractivity contribution in [3.8, 4) is 0 Å². The van der Waals surface area contributed by atoms with Crippen molar-refractivity contribution in [2.45, 2.75) is 26.3 Å². The lowest BCUT2D eigenvalue weighted by Gasteiger charge is -2.06. The molecule has 0 aliphatic carbocycles. The van der Waals surface area contributed by atoms with Crippen molar-refractivity contribution < 1.29 is 4.74 Å². The Labute approximate surface area is 56.0 Å². The van der Waals surface area contributed by atoms with E-state index >= 15 is 0 Å². The molecular weight excluding hydrogens is 124 g/mol. The lowest BCUT2D eigenvalue weighted by atomic mass is 10.2. The minimum atomic E-state index is -0.141. The first-order valence-corrected chi connectivity index (χ1v) is 3.32. The standard InChI is InChI=1S/C6H13ClO/c1-5(2)4-8-6(3)7/h5-6H,4H2,1-3H3. The van der Waals surface area contributed by atoms with E-state index in [2.05, 4.69) is 13.8 Å². The molecule has 0 aliphatic rings. The second-order valence-corrected chi connectivity index (χ2v) is 2.88. The van der Waals surface area contributed by atoms with E-state index in [1.807, 2.05) is 6.92 Å². The fraction of sp³-hybridized carbons (Fsp3) is 1.00. The summed E-state index contributed by atoms with van der Waals surface area (Å²) in [6.07, 6.45) is 0. The minimum Gasteiger partial charge on any atom is -0.363 e. The smallest absolute Gasteiger partial charge is 0.128 e. The summed E-state index contributed by atoms with van der Waals surface area (Å²) in [5.41, 5.74) is -0.141. The van der Waals surface area contributed by atoms with E-state index in [9.17, 15) is 0 Å². The molecule has 1 unspecified atom stereocenters. The molecule has 0 bridgehead atoms. The van der Waals surface area contributed by atoms with Gasteiger partial charge in [0.15, 0.2) is 0 Å². The van der Waals surface area contributed by atoms with E-state index in [0.717, 1.165) is 6.61 Å². The Balaban J connectivity index is 2.93. The maximum absolute atomic E-state index is 5.50. The summed E-state index contributed by atoms with van der Waals surface area (Å²) in [7, 11) is 0. The predicted molar refractivity (Wildman–Crippen MR) is 36.1 cm³/mol. The molecule has 0 fully saturated rings. The highest BCUT2D eigenvalue weighted by Gasteiger charge is 1.96. The van der Waals surface area contributed by atoms with Gasteiger partial charge in [0.05, 0.1) is 6.61 Å². The van der Waals surface area contributed by atoms with Crippen LogP contribution in [0.4, 0.5) is 0 Å². The zero-order valence-corrected chi connectivity index (χ0v) is 6.40. The second-order valence-electron chi connectivity index (χ2n) is 2.27. The molecule has 0 saturated heterocycles. The van der Waals surface area contributed by atoms with E-state index < -0.39 is 0 Å². The average Bonchev–Trinajstić information content (AvgIpc) is 1.61. The predicted octanol–water partition coefficient (Wildman–Crippen LogP) is 2.24. The van der Waals surface area contributed by atoms with Gasteiger partial charge in [-0.2, -0.15) is 0 Å². The van der Waals surface area contributed by atoms with Crippen molar-refractivity contribution in [2.75, 3.05) is 6.61 Å². The molecule has 50 valence electrons. The molecular formula is C6H13ClO. The van der Waals surface area contributed by atoms with Crippen LogP contribution in [0.25, 0.3) is 0 Å². The first kappa shape index (κ1) is 8.25. The fourth-order valence-corrected chi connectivity index (χ4v) is 0.398. The van der Waals surface area contributed by atoms with Gasteiger partial charge in [-0.1, -0.05) is 25.4 Å². The monoisotopic (exact) mass is 136 g/mol. The Kier molecular flexibility index (Phi) is 4.29. The molecule has 0 saturated carbocycles. The fourth-order valence-electron chi connectivity index (χ4n) is 0.325. The Bertz CT molecular complexity index is 44.5. The SMILES string of the molecule is CC(C)COC(C)Cl. The number of hydrogen-bond donors (Lipinski definition) is 0. The summed E-state index contributed by atoms with van der Waals surface area (Å²) in [4.78, 5) is 0. The largest absolute Gasteiger partial charge is 0.363 e. The molecule has 0 rings (SSSR count). The van der Waals surface area contributed by atoms with Gasteiger partial charge in [0.2, 0.25) is 0 Å². The molecule has 0 aliphatic heterocycles. The lowest BCUT2D eigenvalue weighted by molar-refractivity contribution is 0.0958. The van der Waals surface area contributed by atoms with Crippen LogP contribution in [0.15, 0.2) is 0 Å². The van der Waals surface area contributed by atoms with Crippen molar-refractivity contribution in [1.29, 1.82) is 0 Å². The Hall–Kier alpha value is 0.250. The first-order valence-electron chi connectivity index (χ1n) is 2.88. The summed E-state index contributed by atoms with van der Waals surface area (Å²) in [6, 6.07) is 0. The van der Waals surface area contributed by atoms with Gasteiger partial charge in [-0.05, 0) is 12.8 Å². The normalized spacial score (nSPS) is 14.6. The maximum atomic E-state index is 5.50. The summed E-state index contributed by atoms with van der Waals surface area (Å²) in [6.45, 7) is 6.77. The average molecular weight is 137 g/mol. The van der Waals surface area contributed by atoms with Gasteiger partial charge in [-0.3, -0.25) is 0 Å². The van der Waals surface area contributed by atoms with Crippen molar-refractivity contribution in [1.82, 2.24) is 0 Å². The topological polar surface area (TPSA) is 9.23 Å². The third-order valence-corrected chi connectivity index (χ3v) is 0.785. The highest BCUT2D eigenvalue weighted by Crippen LogP contribution is 1.99. The maximum Gasteiger partial charge on any atom is 0.128 e. The Morgan fingerprint density at radius 1 is 1.38 bits per heavy atom. The van der Waals surface area contributed by atoms with Crippen LogP contribution in [0.1, 0.15) is 20.8 Å². The summed E-state index contributed by atoms with van der Waals surface area (Å²) in [5, 5.41) is 0. The van der Waals surface area contributed by atoms with Crippen molar-refractivity contribution in [3.63, 3.8) is 0 Å². The van der Waals surface area contributed by atoms with E-state index in [0.29, 0.717) is 5.92 Å². The molecule has 1 atom stereocenters. The van der Waals surface area contributed by atoms with Crippen molar-refractivity contribution in [2.24, 2.45) is 5.92 Å². The molecule has 0 spiro atoms. The van der Waals surface area contributed by atoms with Gasteiger partial charge in [-0.25, -0.2) is 0 Å². The number of ether oxygens (including phenoxy) is 1. The summed E-state index contributed by atoms with van der Waals surface area (Å²) < 4.78 is 5.07. The van der Waals surface area contributed by atoms with Gasteiger partial charge in [0.25, 0.3) is 0 Å². The second kappa shape index (κ2) is 4.16. The van der Waals surface area contributed by atoms with Crippen LogP contribution in [0, 0.1) is 5.92 Å². The first-order chi connectivity index (χ1) is 3.63. The van der Waals surface area contributed by atoms with Crippen molar-refractivity contribution >= 4 is 11.6 Å². The molecule has 0 N–H and O–H groups in total. The molecule has 1 nitrogen and oxygen atoms in total. The Morgan fingerprint density at radius 2 is 1.88 bits per heavy atom. The van der Waals surface area contributed by atoms with E-state index in [1.54, 1.807) is 0 Å². The molecule has 0 aromatic rings. The van der Waals surface area contributed by atoms with Gasteiger partial charge >= 0.3 is 0 Å². The molecule has 0 heterocycles. The number of rotatable bonds is 3. The third kappa shape index (κ3) is 6.25. The van der Waals surface area contributed by atoms with E-state index in [4.69, 9.17) is 16.3 Å². The molecule has 0 amide bonds. The number of halogens is 1. The summed E-state index contributed by atoms with van der Waals surface area (Å²) in [5.74, 6) is 0.580. The quantitative estimate of drug-likeness (QED) is 0.541. The van der Waals surface area contributed by atoms with E-state index in [1.165, 1.54) is 0 Å². The van der Waals surface area contributed by atoms with Gasteiger partial charge in [0, 0.05) is 0 Å². The van der Waals surface area contributed by atoms with Crippen molar-refractivity contribution in [3.05, 3.63) is 0 Å². The lowest BCUT2D eigenvalue weighted by Crippen LogP contribution is -2.06. The molecule has 0 aromatic carbocycles. The number of alkyl halides is 1. The van der Waals surface area contributed by atoms with Crippen LogP contribution in [0.5, 0.6) is 0 Å². The van der Waals surface area contributed by atoms with Crippen LogP contribution in [-0.2, 0) is 4.74 Å². The van der Waals surface area contributed by atoms with Crippen LogP contribution in [0.3, 0.4) is 0 Å². The molecule has 2 heteroatoms. The summed E-state index contributed by atoms with van der Waals surface area (Å²) >= 11 is 5.50. The molecule has 0 aromatic heterocycles. The van der Waals surface area contributed by atoms with Crippen LogP contribution < -0.4 is 0 Å². The minimum absolute atomic E-state index is 0.141. The molecule has 8 heavy (non-hydrogen) atoms.